The lowest BCUT2D eigenvalue weighted by atomic mass is 10.1. The fraction of sp³-hybridized carbons (Fsp3) is 0.154. The molecule has 0 bridgehead atoms. The van der Waals surface area contributed by atoms with Crippen LogP contribution in [0, 0.1) is 0 Å². The third-order valence-electron chi connectivity index (χ3n) is 2.86. The van der Waals surface area contributed by atoms with Crippen LogP contribution in [0.5, 0.6) is 0 Å². The standard InChI is InChI=1S/C13H10F3NO3S2/c14-13(15,16)9-4-2-1-3-8(9)7-22(19,20)10-5-6-21-11(10)12(17)18/h1-6H,7H2,(H2,17,18). The molecule has 0 radical (unpaired) electrons. The molecule has 22 heavy (non-hydrogen) atoms. The van der Waals surface area contributed by atoms with E-state index in [9.17, 15) is 26.4 Å². The fourth-order valence-corrected chi connectivity index (χ4v) is 4.65. The molecule has 1 amide bonds. The number of thiophene rings is 1. The number of nitrogens with two attached hydrogens (primary N) is 1. The van der Waals surface area contributed by atoms with Crippen molar-refractivity contribution in [3.05, 3.63) is 51.7 Å². The van der Waals surface area contributed by atoms with E-state index in [1.807, 2.05) is 0 Å². The molecule has 0 aliphatic carbocycles. The fourth-order valence-electron chi connectivity index (χ4n) is 1.93. The van der Waals surface area contributed by atoms with Crippen LogP contribution in [-0.4, -0.2) is 14.3 Å². The Labute approximate surface area is 128 Å². The van der Waals surface area contributed by atoms with Crippen molar-refractivity contribution in [2.75, 3.05) is 0 Å². The molecule has 0 aliphatic heterocycles. The van der Waals surface area contributed by atoms with Crippen LogP contribution in [0.25, 0.3) is 0 Å². The van der Waals surface area contributed by atoms with Gasteiger partial charge >= 0.3 is 6.18 Å². The van der Waals surface area contributed by atoms with Gasteiger partial charge in [-0.05, 0) is 23.1 Å². The molecule has 2 rings (SSSR count). The lowest BCUT2D eigenvalue weighted by molar-refractivity contribution is -0.138. The quantitative estimate of drug-likeness (QED) is 0.922. The average Bonchev–Trinajstić information content (AvgIpc) is 2.87. The molecule has 0 aliphatic rings. The summed E-state index contributed by atoms with van der Waals surface area (Å²) in [5.74, 6) is -1.79. The van der Waals surface area contributed by atoms with Crippen LogP contribution < -0.4 is 5.73 Å². The Balaban J connectivity index is 2.47. The average molecular weight is 349 g/mol. The molecule has 0 atom stereocenters. The Morgan fingerprint density at radius 2 is 1.82 bits per heavy atom. The first kappa shape index (κ1) is 16.5. The van der Waals surface area contributed by atoms with Crippen LogP contribution in [0.3, 0.4) is 0 Å². The maximum atomic E-state index is 12.9. The third-order valence-corrected chi connectivity index (χ3v) is 5.62. The molecule has 2 N–H and O–H groups in total. The molecule has 4 nitrogen and oxygen atoms in total. The van der Waals surface area contributed by atoms with Crippen molar-refractivity contribution >= 4 is 27.1 Å². The summed E-state index contributed by atoms with van der Waals surface area (Å²) in [5.41, 5.74) is 3.68. The Hall–Kier alpha value is -1.87. The minimum absolute atomic E-state index is 0.190. The van der Waals surface area contributed by atoms with Crippen molar-refractivity contribution in [1.82, 2.24) is 0 Å². The SMILES string of the molecule is NC(=O)c1sccc1S(=O)(=O)Cc1ccccc1C(F)(F)F. The highest BCUT2D eigenvalue weighted by atomic mass is 32.2. The van der Waals surface area contributed by atoms with Crippen LogP contribution in [0.1, 0.15) is 20.8 Å². The number of benzene rings is 1. The number of halogens is 3. The first-order valence-electron chi connectivity index (χ1n) is 5.88. The molecule has 0 spiro atoms. The summed E-state index contributed by atoms with van der Waals surface area (Å²) >= 11 is 0.829. The van der Waals surface area contributed by atoms with Gasteiger partial charge in [0.25, 0.3) is 5.91 Å². The van der Waals surface area contributed by atoms with Gasteiger partial charge in [0, 0.05) is 0 Å². The first-order valence-corrected chi connectivity index (χ1v) is 8.41. The van der Waals surface area contributed by atoms with E-state index in [1.165, 1.54) is 17.5 Å². The van der Waals surface area contributed by atoms with Crippen molar-refractivity contribution in [1.29, 1.82) is 0 Å². The molecular weight excluding hydrogens is 339 g/mol. The van der Waals surface area contributed by atoms with Crippen LogP contribution in [0.2, 0.25) is 0 Å². The summed E-state index contributed by atoms with van der Waals surface area (Å²) in [5, 5.41) is 1.35. The van der Waals surface area contributed by atoms with Crippen molar-refractivity contribution in [2.45, 2.75) is 16.8 Å². The van der Waals surface area contributed by atoms with Gasteiger partial charge in [-0.1, -0.05) is 18.2 Å². The summed E-state index contributed by atoms with van der Waals surface area (Å²) in [7, 11) is -4.12. The van der Waals surface area contributed by atoms with Crippen molar-refractivity contribution in [2.24, 2.45) is 5.73 Å². The van der Waals surface area contributed by atoms with Gasteiger partial charge in [-0.2, -0.15) is 13.2 Å². The van der Waals surface area contributed by atoms with Gasteiger partial charge in [0.1, 0.15) is 4.88 Å². The summed E-state index contributed by atoms with van der Waals surface area (Å²) in [6, 6.07) is 5.57. The van der Waals surface area contributed by atoms with Crippen molar-refractivity contribution < 1.29 is 26.4 Å². The molecule has 0 saturated carbocycles. The number of hydrogen-bond acceptors (Lipinski definition) is 4. The molecule has 0 saturated heterocycles. The summed E-state index contributed by atoms with van der Waals surface area (Å²) in [6.45, 7) is 0. The molecular formula is C13H10F3NO3S2. The van der Waals surface area contributed by atoms with Gasteiger partial charge in [-0.15, -0.1) is 11.3 Å². The van der Waals surface area contributed by atoms with E-state index in [1.54, 1.807) is 0 Å². The summed E-state index contributed by atoms with van der Waals surface area (Å²) in [6.07, 6.45) is -4.66. The highest BCUT2D eigenvalue weighted by Gasteiger charge is 2.34. The number of alkyl halides is 3. The number of carbonyl (C=O) groups is 1. The zero-order chi connectivity index (χ0) is 16.5. The molecule has 2 aromatic rings. The molecule has 118 valence electrons. The second-order valence-corrected chi connectivity index (χ2v) is 7.27. The molecule has 0 fully saturated rings. The van der Waals surface area contributed by atoms with E-state index >= 15 is 0 Å². The highest BCUT2D eigenvalue weighted by Crippen LogP contribution is 2.34. The normalized spacial score (nSPS) is 12.3. The van der Waals surface area contributed by atoms with E-state index in [2.05, 4.69) is 0 Å². The largest absolute Gasteiger partial charge is 0.416 e. The third kappa shape index (κ3) is 3.30. The maximum Gasteiger partial charge on any atom is 0.416 e. The van der Waals surface area contributed by atoms with E-state index in [0.717, 1.165) is 29.5 Å². The zero-order valence-electron chi connectivity index (χ0n) is 10.9. The van der Waals surface area contributed by atoms with Gasteiger partial charge in [-0.3, -0.25) is 4.79 Å². The van der Waals surface area contributed by atoms with Crippen molar-refractivity contribution in [3.8, 4) is 0 Å². The number of hydrogen-bond donors (Lipinski definition) is 1. The smallest absolute Gasteiger partial charge is 0.365 e. The van der Waals surface area contributed by atoms with E-state index in [0.29, 0.717) is 0 Å². The summed E-state index contributed by atoms with van der Waals surface area (Å²) in [4.78, 5) is 10.7. The Morgan fingerprint density at radius 3 is 2.41 bits per heavy atom. The van der Waals surface area contributed by atoms with Gasteiger partial charge in [-0.25, -0.2) is 8.42 Å². The first-order chi connectivity index (χ1) is 10.1. The molecule has 0 unspecified atom stereocenters. The number of rotatable bonds is 4. The predicted molar refractivity (Wildman–Crippen MR) is 75.2 cm³/mol. The van der Waals surface area contributed by atoms with E-state index in [-0.39, 0.29) is 15.3 Å². The Morgan fingerprint density at radius 1 is 1.18 bits per heavy atom. The minimum atomic E-state index is -4.66. The maximum absolute atomic E-state index is 12.9. The number of amides is 1. The lowest BCUT2D eigenvalue weighted by Gasteiger charge is -2.12. The number of primary amides is 1. The molecule has 9 heteroatoms. The van der Waals surface area contributed by atoms with E-state index < -0.39 is 33.2 Å². The van der Waals surface area contributed by atoms with Gasteiger partial charge < -0.3 is 5.73 Å². The van der Waals surface area contributed by atoms with Crippen molar-refractivity contribution in [3.63, 3.8) is 0 Å². The van der Waals surface area contributed by atoms with Gasteiger partial charge in [0.05, 0.1) is 16.2 Å². The number of carbonyl (C=O) groups excluding carboxylic acids is 1. The summed E-state index contributed by atoms with van der Waals surface area (Å²) < 4.78 is 63.3. The number of sulfone groups is 1. The highest BCUT2D eigenvalue weighted by molar-refractivity contribution is 7.90. The van der Waals surface area contributed by atoms with Crippen LogP contribution in [0.15, 0.2) is 40.6 Å². The monoisotopic (exact) mass is 349 g/mol. The van der Waals surface area contributed by atoms with Crippen LogP contribution in [-0.2, 0) is 21.8 Å². The van der Waals surface area contributed by atoms with Gasteiger partial charge in [0.2, 0.25) is 0 Å². The van der Waals surface area contributed by atoms with Gasteiger partial charge in [0.15, 0.2) is 9.84 Å². The minimum Gasteiger partial charge on any atom is -0.365 e. The van der Waals surface area contributed by atoms with Crippen LogP contribution in [0.4, 0.5) is 13.2 Å². The predicted octanol–water partition coefficient (Wildman–Crippen LogP) is 2.84. The lowest BCUT2D eigenvalue weighted by Crippen LogP contribution is -2.16. The second kappa shape index (κ2) is 5.73. The molecule has 1 aromatic heterocycles. The zero-order valence-corrected chi connectivity index (χ0v) is 12.6. The van der Waals surface area contributed by atoms with E-state index in [4.69, 9.17) is 5.73 Å². The Kier molecular flexibility index (Phi) is 4.30. The Bertz CT molecular complexity index is 810. The second-order valence-electron chi connectivity index (χ2n) is 4.39. The molecule has 1 aromatic carbocycles. The molecule has 1 heterocycles. The van der Waals surface area contributed by atoms with Crippen LogP contribution >= 0.6 is 11.3 Å². The topological polar surface area (TPSA) is 77.2 Å².